The second kappa shape index (κ2) is 8.69. The summed E-state index contributed by atoms with van der Waals surface area (Å²) in [4.78, 5) is 30.4. The Labute approximate surface area is 146 Å². The Morgan fingerprint density at radius 3 is 2.83 bits per heavy atom. The predicted octanol–water partition coefficient (Wildman–Crippen LogP) is 2.67. The van der Waals surface area contributed by atoms with Crippen molar-refractivity contribution in [1.29, 1.82) is 0 Å². The molecule has 0 bridgehead atoms. The number of carbonyl (C=O) groups excluding carboxylic acids is 1. The molecule has 0 aliphatic rings. The highest BCUT2D eigenvalue weighted by Crippen LogP contribution is 2.20. The number of aromatic amines is 1. The second-order valence-electron chi connectivity index (χ2n) is 4.73. The molecule has 0 fully saturated rings. The molecule has 23 heavy (non-hydrogen) atoms. The molecular weight excluding hydrogens is 378 g/mol. The number of carbonyl (C=O) groups is 1. The number of hydrogen-bond donors (Lipinski definition) is 2. The molecule has 2 aromatic rings. The van der Waals surface area contributed by atoms with Gasteiger partial charge in [-0.25, -0.2) is 4.98 Å². The third kappa shape index (κ3) is 6.03. The van der Waals surface area contributed by atoms with Gasteiger partial charge in [0.2, 0.25) is 5.91 Å². The smallest absolute Gasteiger partial charge is 0.251 e. The van der Waals surface area contributed by atoms with Crippen molar-refractivity contribution in [3.63, 3.8) is 0 Å². The number of benzene rings is 1. The molecule has 0 saturated heterocycles. The molecule has 7 heteroatoms. The Morgan fingerprint density at radius 2 is 2.13 bits per heavy atom. The standard InChI is InChI=1S/C16H16BrN3O2S/c1-2-7-18-14(21)8-13-9-15(22)20-16(19-13)23-10-11-3-5-12(17)6-4-11/h2-6,9H,1,7-8,10H2,(H,18,21)(H,19,20,22). The van der Waals surface area contributed by atoms with Crippen LogP contribution in [-0.4, -0.2) is 22.4 Å². The summed E-state index contributed by atoms with van der Waals surface area (Å²) in [6.07, 6.45) is 1.67. The maximum atomic E-state index is 11.7. The van der Waals surface area contributed by atoms with E-state index in [1.165, 1.54) is 17.8 Å². The number of nitrogens with one attached hydrogen (secondary N) is 2. The van der Waals surface area contributed by atoms with Gasteiger partial charge in [-0.15, -0.1) is 6.58 Å². The van der Waals surface area contributed by atoms with Crippen LogP contribution < -0.4 is 10.9 Å². The molecule has 0 radical (unpaired) electrons. The van der Waals surface area contributed by atoms with Gasteiger partial charge in [-0.05, 0) is 17.7 Å². The van der Waals surface area contributed by atoms with Crippen LogP contribution in [0.2, 0.25) is 0 Å². The fourth-order valence-corrected chi connectivity index (χ4v) is 2.90. The molecular formula is C16H16BrN3O2S. The molecule has 0 spiro atoms. The molecule has 2 N–H and O–H groups in total. The lowest BCUT2D eigenvalue weighted by Crippen LogP contribution is -2.26. The van der Waals surface area contributed by atoms with Crippen molar-refractivity contribution >= 4 is 33.6 Å². The van der Waals surface area contributed by atoms with Gasteiger partial charge in [0.05, 0.1) is 12.1 Å². The number of aromatic nitrogens is 2. The van der Waals surface area contributed by atoms with Crippen molar-refractivity contribution in [2.75, 3.05) is 6.54 Å². The Hall–Kier alpha value is -1.86. The van der Waals surface area contributed by atoms with Crippen LogP contribution in [0.25, 0.3) is 0 Å². The second-order valence-corrected chi connectivity index (χ2v) is 6.61. The summed E-state index contributed by atoms with van der Waals surface area (Å²) in [5, 5.41) is 3.17. The van der Waals surface area contributed by atoms with Crippen LogP contribution in [0.3, 0.4) is 0 Å². The summed E-state index contributed by atoms with van der Waals surface area (Å²) in [5.74, 6) is 0.495. The molecule has 0 unspecified atom stereocenters. The monoisotopic (exact) mass is 393 g/mol. The summed E-state index contributed by atoms with van der Waals surface area (Å²) >= 11 is 4.81. The fraction of sp³-hybridized carbons (Fsp3) is 0.188. The average Bonchev–Trinajstić information content (AvgIpc) is 2.52. The SMILES string of the molecule is C=CCNC(=O)Cc1cc(=O)[nH]c(SCc2ccc(Br)cc2)n1. The van der Waals surface area contributed by atoms with E-state index in [1.807, 2.05) is 24.3 Å². The van der Waals surface area contributed by atoms with E-state index in [0.29, 0.717) is 23.1 Å². The molecule has 0 aliphatic heterocycles. The molecule has 2 rings (SSSR count). The molecule has 0 atom stereocenters. The van der Waals surface area contributed by atoms with Crippen LogP contribution in [0.4, 0.5) is 0 Å². The quantitative estimate of drug-likeness (QED) is 0.430. The normalized spacial score (nSPS) is 10.3. The maximum Gasteiger partial charge on any atom is 0.251 e. The van der Waals surface area contributed by atoms with E-state index in [0.717, 1.165) is 10.0 Å². The molecule has 1 aromatic heterocycles. The lowest BCUT2D eigenvalue weighted by atomic mass is 10.2. The number of halogens is 1. The molecule has 1 heterocycles. The number of nitrogens with zero attached hydrogens (tertiary/aromatic N) is 1. The van der Waals surface area contributed by atoms with Crippen LogP contribution in [0.15, 0.2) is 57.4 Å². The van der Waals surface area contributed by atoms with Gasteiger partial charge < -0.3 is 10.3 Å². The number of H-pyrrole nitrogens is 1. The molecule has 5 nitrogen and oxygen atoms in total. The first-order valence-corrected chi connectivity index (χ1v) is 8.70. The summed E-state index contributed by atoms with van der Waals surface area (Å²) in [6.45, 7) is 3.93. The van der Waals surface area contributed by atoms with Gasteiger partial charge in [-0.2, -0.15) is 0 Å². The molecule has 1 amide bonds. The highest BCUT2D eigenvalue weighted by atomic mass is 79.9. The first kappa shape index (κ1) is 17.5. The van der Waals surface area contributed by atoms with Crippen LogP contribution in [0.1, 0.15) is 11.3 Å². The maximum absolute atomic E-state index is 11.7. The minimum Gasteiger partial charge on any atom is -0.352 e. The topological polar surface area (TPSA) is 74.8 Å². The first-order valence-electron chi connectivity index (χ1n) is 6.92. The number of amides is 1. The van der Waals surface area contributed by atoms with Crippen molar-refractivity contribution in [3.8, 4) is 0 Å². The first-order chi connectivity index (χ1) is 11.1. The van der Waals surface area contributed by atoms with Crippen LogP contribution in [-0.2, 0) is 17.0 Å². The number of hydrogen-bond acceptors (Lipinski definition) is 4. The van der Waals surface area contributed by atoms with Crippen molar-refractivity contribution < 1.29 is 4.79 Å². The van der Waals surface area contributed by atoms with E-state index in [1.54, 1.807) is 6.08 Å². The minimum atomic E-state index is -0.259. The van der Waals surface area contributed by atoms with E-state index in [4.69, 9.17) is 0 Å². The predicted molar refractivity (Wildman–Crippen MR) is 95.5 cm³/mol. The Balaban J connectivity index is 2.01. The number of thioether (sulfide) groups is 1. The lowest BCUT2D eigenvalue weighted by Gasteiger charge is -2.05. The van der Waals surface area contributed by atoms with Crippen LogP contribution in [0.5, 0.6) is 0 Å². The Morgan fingerprint density at radius 1 is 1.39 bits per heavy atom. The highest BCUT2D eigenvalue weighted by Gasteiger charge is 2.07. The molecule has 0 aliphatic carbocycles. The molecule has 1 aromatic carbocycles. The van der Waals surface area contributed by atoms with E-state index in [2.05, 4.69) is 37.8 Å². The van der Waals surface area contributed by atoms with E-state index in [-0.39, 0.29) is 17.9 Å². The lowest BCUT2D eigenvalue weighted by molar-refractivity contribution is -0.120. The zero-order chi connectivity index (χ0) is 16.7. The summed E-state index contributed by atoms with van der Waals surface area (Å²) in [7, 11) is 0. The van der Waals surface area contributed by atoms with Crippen molar-refractivity contribution in [2.24, 2.45) is 0 Å². The van der Waals surface area contributed by atoms with Gasteiger partial charge in [0.15, 0.2) is 5.16 Å². The summed E-state index contributed by atoms with van der Waals surface area (Å²) in [5.41, 5.74) is 1.31. The van der Waals surface area contributed by atoms with Crippen molar-refractivity contribution in [3.05, 3.63) is 69.1 Å². The van der Waals surface area contributed by atoms with E-state index < -0.39 is 0 Å². The largest absolute Gasteiger partial charge is 0.352 e. The zero-order valence-electron chi connectivity index (χ0n) is 12.3. The Bertz CT molecular complexity index is 744. The third-order valence-electron chi connectivity index (χ3n) is 2.85. The van der Waals surface area contributed by atoms with Crippen LogP contribution in [0, 0.1) is 0 Å². The van der Waals surface area contributed by atoms with Gasteiger partial charge in [0, 0.05) is 22.8 Å². The molecule has 0 saturated carbocycles. The minimum absolute atomic E-state index is 0.0730. The van der Waals surface area contributed by atoms with Crippen LogP contribution >= 0.6 is 27.7 Å². The third-order valence-corrected chi connectivity index (χ3v) is 4.32. The number of rotatable bonds is 7. The van der Waals surface area contributed by atoms with Gasteiger partial charge in [-0.3, -0.25) is 9.59 Å². The highest BCUT2D eigenvalue weighted by molar-refractivity contribution is 9.10. The Kier molecular flexibility index (Phi) is 6.61. The zero-order valence-corrected chi connectivity index (χ0v) is 14.7. The molecule has 120 valence electrons. The van der Waals surface area contributed by atoms with Crippen molar-refractivity contribution in [2.45, 2.75) is 17.3 Å². The van der Waals surface area contributed by atoms with Gasteiger partial charge in [0.1, 0.15) is 0 Å². The van der Waals surface area contributed by atoms with E-state index in [9.17, 15) is 9.59 Å². The summed E-state index contributed by atoms with van der Waals surface area (Å²) in [6, 6.07) is 9.28. The average molecular weight is 394 g/mol. The van der Waals surface area contributed by atoms with Gasteiger partial charge in [-0.1, -0.05) is 45.9 Å². The van der Waals surface area contributed by atoms with Gasteiger partial charge in [0.25, 0.3) is 5.56 Å². The fourth-order valence-electron chi connectivity index (χ4n) is 1.79. The van der Waals surface area contributed by atoms with Crippen molar-refractivity contribution in [1.82, 2.24) is 15.3 Å². The van der Waals surface area contributed by atoms with Gasteiger partial charge >= 0.3 is 0 Å². The summed E-state index contributed by atoms with van der Waals surface area (Å²) < 4.78 is 1.02. The van der Waals surface area contributed by atoms with E-state index >= 15 is 0 Å².